The molecule has 1 amide bonds. The number of nitrogens with zero attached hydrogens (tertiary/aromatic N) is 1. The van der Waals surface area contributed by atoms with Gasteiger partial charge in [-0.3, -0.25) is 9.69 Å². The molecule has 0 unspecified atom stereocenters. The van der Waals surface area contributed by atoms with E-state index in [1.165, 1.54) is 5.56 Å². The van der Waals surface area contributed by atoms with E-state index in [4.69, 9.17) is 19.4 Å². The van der Waals surface area contributed by atoms with Crippen molar-refractivity contribution in [2.45, 2.75) is 57.7 Å². The number of benzene rings is 1. The monoisotopic (exact) mass is 460 g/mol. The molecule has 1 aromatic carbocycles. The van der Waals surface area contributed by atoms with Crippen LogP contribution in [0.5, 0.6) is 0 Å². The number of ether oxygens (including phenoxy) is 2. The van der Waals surface area contributed by atoms with Gasteiger partial charge in [0.25, 0.3) is 0 Å². The Morgan fingerprint density at radius 2 is 1.94 bits per heavy atom. The van der Waals surface area contributed by atoms with Gasteiger partial charge in [0.2, 0.25) is 5.91 Å². The van der Waals surface area contributed by atoms with Crippen LogP contribution in [-0.4, -0.2) is 72.6 Å². The highest BCUT2D eigenvalue weighted by Crippen LogP contribution is 2.33. The van der Waals surface area contributed by atoms with Gasteiger partial charge in [-0.25, -0.2) is 4.79 Å². The van der Waals surface area contributed by atoms with Crippen LogP contribution >= 0.6 is 0 Å². The maximum atomic E-state index is 12.2. The molecule has 180 valence electrons. The number of amides is 1. The number of alkyl halides is 3. The van der Waals surface area contributed by atoms with Gasteiger partial charge >= 0.3 is 12.1 Å². The number of nitrogens with one attached hydrogen (secondary N) is 1. The minimum Gasteiger partial charge on any atom is -0.475 e. The third kappa shape index (κ3) is 8.76. The molecule has 0 aliphatic carbocycles. The van der Waals surface area contributed by atoms with Crippen LogP contribution in [0.1, 0.15) is 32.3 Å². The second kappa shape index (κ2) is 12.2. The van der Waals surface area contributed by atoms with Crippen molar-refractivity contribution >= 4 is 11.9 Å². The molecule has 0 radical (unpaired) electrons. The van der Waals surface area contributed by atoms with Crippen molar-refractivity contribution in [3.63, 3.8) is 0 Å². The molecule has 2 N–H and O–H groups in total. The normalized spacial score (nSPS) is 23.2. The summed E-state index contributed by atoms with van der Waals surface area (Å²) < 4.78 is 43.6. The number of carboxylic acids is 1. The van der Waals surface area contributed by atoms with Crippen LogP contribution in [0.3, 0.4) is 0 Å². The Morgan fingerprint density at radius 3 is 2.53 bits per heavy atom. The molecule has 2 aliphatic heterocycles. The van der Waals surface area contributed by atoms with Gasteiger partial charge < -0.3 is 19.9 Å². The largest absolute Gasteiger partial charge is 0.490 e. The molecule has 2 aliphatic rings. The predicted molar refractivity (Wildman–Crippen MR) is 111 cm³/mol. The summed E-state index contributed by atoms with van der Waals surface area (Å²) in [6.45, 7) is 8.25. The number of rotatable bonds is 7. The molecule has 3 rings (SSSR count). The van der Waals surface area contributed by atoms with Gasteiger partial charge in [0.05, 0.1) is 19.3 Å². The summed E-state index contributed by atoms with van der Waals surface area (Å²) in [4.78, 5) is 23.5. The van der Waals surface area contributed by atoms with E-state index in [0.717, 1.165) is 39.1 Å². The molecule has 32 heavy (non-hydrogen) atoms. The van der Waals surface area contributed by atoms with Gasteiger partial charge in [0.1, 0.15) is 6.10 Å². The van der Waals surface area contributed by atoms with Crippen LogP contribution in [0.2, 0.25) is 0 Å². The Hall–Kier alpha value is -2.17. The zero-order chi connectivity index (χ0) is 23.7. The highest BCUT2D eigenvalue weighted by atomic mass is 19.4. The number of likely N-dealkylation sites (tertiary alicyclic amines) is 1. The average molecular weight is 460 g/mol. The van der Waals surface area contributed by atoms with E-state index in [0.29, 0.717) is 12.5 Å². The van der Waals surface area contributed by atoms with Gasteiger partial charge in [-0.15, -0.1) is 0 Å². The number of fused-ring (bicyclic) bond motifs is 1. The highest BCUT2D eigenvalue weighted by molar-refractivity contribution is 5.81. The minimum absolute atomic E-state index is 0.0437. The molecular weight excluding hydrogens is 429 g/mol. The third-order valence-corrected chi connectivity index (χ3v) is 5.27. The summed E-state index contributed by atoms with van der Waals surface area (Å²) in [5.74, 6) is -2.20. The van der Waals surface area contributed by atoms with Gasteiger partial charge in [0, 0.05) is 19.1 Å². The van der Waals surface area contributed by atoms with Crippen molar-refractivity contribution in [2.24, 2.45) is 5.92 Å². The second-order valence-electron chi connectivity index (χ2n) is 8.25. The van der Waals surface area contributed by atoms with Crippen molar-refractivity contribution < 1.29 is 37.3 Å². The lowest BCUT2D eigenvalue weighted by molar-refractivity contribution is -0.192. The minimum atomic E-state index is -5.08. The van der Waals surface area contributed by atoms with Gasteiger partial charge in [-0.05, 0) is 44.7 Å². The molecule has 1 aromatic rings. The third-order valence-electron chi connectivity index (χ3n) is 5.27. The molecule has 0 saturated carbocycles. The molecule has 2 fully saturated rings. The Bertz CT molecular complexity index is 730. The van der Waals surface area contributed by atoms with Crippen molar-refractivity contribution in [1.82, 2.24) is 10.2 Å². The molecule has 0 spiro atoms. The van der Waals surface area contributed by atoms with Gasteiger partial charge in [-0.2, -0.15) is 13.2 Å². The fraction of sp³-hybridized carbons (Fsp3) is 0.636. The number of hydrogen-bond donors (Lipinski definition) is 2. The summed E-state index contributed by atoms with van der Waals surface area (Å²) in [6, 6.07) is 10.4. The number of carbonyl (C=O) groups is 2. The predicted octanol–water partition coefficient (Wildman–Crippen LogP) is 2.84. The summed E-state index contributed by atoms with van der Waals surface area (Å²) in [7, 11) is 0. The van der Waals surface area contributed by atoms with Crippen LogP contribution in [0.15, 0.2) is 30.3 Å². The molecular formula is C22H31F3N2O5. The fourth-order valence-corrected chi connectivity index (χ4v) is 3.70. The van der Waals surface area contributed by atoms with Crippen LogP contribution in [0, 0.1) is 5.92 Å². The first-order valence-electron chi connectivity index (χ1n) is 10.7. The summed E-state index contributed by atoms with van der Waals surface area (Å²) >= 11 is 0. The SMILES string of the molecule is CC(C)NC(=O)[C@@H]1C[C@@H]2CCN(CCOCc3ccccc3)C[C@H]2O1.O=C(O)C(F)(F)F. The van der Waals surface area contributed by atoms with E-state index in [9.17, 15) is 18.0 Å². The van der Waals surface area contributed by atoms with Crippen LogP contribution in [0.25, 0.3) is 0 Å². The maximum Gasteiger partial charge on any atom is 0.490 e. The Labute approximate surface area is 185 Å². The first-order valence-corrected chi connectivity index (χ1v) is 10.7. The number of aliphatic carboxylic acids is 1. The van der Waals surface area contributed by atoms with Gasteiger partial charge in [-0.1, -0.05) is 30.3 Å². The standard InChI is InChI=1S/C20H30N2O3.C2HF3O2/c1-15(2)21-20(23)18-12-17-8-9-22(13-19(17)25-18)10-11-24-14-16-6-4-3-5-7-16;3-2(4,5)1(6)7/h3-7,15,17-19H,8-14H2,1-2H3,(H,21,23);(H,6,7)/t17-,18-,19+;/m0./s1. The van der Waals surface area contributed by atoms with Crippen molar-refractivity contribution in [2.75, 3.05) is 26.2 Å². The lowest BCUT2D eigenvalue weighted by Gasteiger charge is -2.33. The fourth-order valence-electron chi connectivity index (χ4n) is 3.70. The first-order chi connectivity index (χ1) is 15.1. The zero-order valence-electron chi connectivity index (χ0n) is 18.3. The van der Waals surface area contributed by atoms with E-state index in [-0.39, 0.29) is 24.2 Å². The van der Waals surface area contributed by atoms with Gasteiger partial charge in [0.15, 0.2) is 0 Å². The van der Waals surface area contributed by atoms with Crippen molar-refractivity contribution in [3.05, 3.63) is 35.9 Å². The number of hydrogen-bond acceptors (Lipinski definition) is 5. The number of carbonyl (C=O) groups excluding carboxylic acids is 1. The van der Waals surface area contributed by atoms with E-state index < -0.39 is 12.1 Å². The quantitative estimate of drug-likeness (QED) is 0.609. The van der Waals surface area contributed by atoms with Crippen LogP contribution in [0.4, 0.5) is 13.2 Å². The van der Waals surface area contributed by atoms with Crippen LogP contribution < -0.4 is 5.32 Å². The van der Waals surface area contributed by atoms with E-state index in [1.54, 1.807) is 0 Å². The number of piperidine rings is 1. The topological polar surface area (TPSA) is 88.1 Å². The average Bonchev–Trinajstić information content (AvgIpc) is 3.15. The van der Waals surface area contributed by atoms with E-state index in [2.05, 4.69) is 22.3 Å². The molecule has 0 bridgehead atoms. The lowest BCUT2D eigenvalue weighted by Crippen LogP contribution is -2.44. The van der Waals surface area contributed by atoms with Crippen molar-refractivity contribution in [1.29, 1.82) is 0 Å². The lowest BCUT2D eigenvalue weighted by atomic mass is 9.91. The number of halogens is 3. The smallest absolute Gasteiger partial charge is 0.475 e. The first kappa shape index (κ1) is 26.1. The number of carboxylic acid groups (broad SMARTS) is 1. The Morgan fingerprint density at radius 1 is 1.28 bits per heavy atom. The van der Waals surface area contributed by atoms with E-state index in [1.807, 2.05) is 32.0 Å². The zero-order valence-corrected chi connectivity index (χ0v) is 18.3. The van der Waals surface area contributed by atoms with Crippen molar-refractivity contribution in [3.8, 4) is 0 Å². The molecule has 3 atom stereocenters. The summed E-state index contributed by atoms with van der Waals surface area (Å²) in [5, 5.41) is 10.1. The molecule has 2 saturated heterocycles. The summed E-state index contributed by atoms with van der Waals surface area (Å²) in [6.07, 6.45) is -3.20. The molecule has 2 heterocycles. The Kier molecular flexibility index (Phi) is 9.92. The molecule has 0 aromatic heterocycles. The molecule has 10 heteroatoms. The van der Waals surface area contributed by atoms with E-state index >= 15 is 0 Å². The Balaban J connectivity index is 0.000000451. The summed E-state index contributed by atoms with van der Waals surface area (Å²) in [5.41, 5.74) is 1.21. The highest BCUT2D eigenvalue weighted by Gasteiger charge is 2.41. The van der Waals surface area contributed by atoms with Crippen LogP contribution in [-0.2, 0) is 25.7 Å². The maximum absolute atomic E-state index is 12.2. The molecule has 7 nitrogen and oxygen atoms in total. The second-order valence-corrected chi connectivity index (χ2v) is 8.25.